The van der Waals surface area contributed by atoms with Crippen LogP contribution in [0.3, 0.4) is 0 Å². The third-order valence-corrected chi connectivity index (χ3v) is 4.53. The van der Waals surface area contributed by atoms with Crippen molar-refractivity contribution in [2.75, 3.05) is 31.5 Å². The van der Waals surface area contributed by atoms with Crippen molar-refractivity contribution in [3.8, 4) is 0 Å². The Bertz CT molecular complexity index is 465. The van der Waals surface area contributed by atoms with Gasteiger partial charge in [-0.2, -0.15) is 0 Å². The van der Waals surface area contributed by atoms with Gasteiger partial charge in [-0.3, -0.25) is 4.57 Å². The summed E-state index contributed by atoms with van der Waals surface area (Å²) < 4.78 is 18.8. The molecule has 1 unspecified atom stereocenters. The van der Waals surface area contributed by atoms with Crippen molar-refractivity contribution < 1.29 is 14.0 Å². The molecular formula is C9H15Cl2N4O4P. The van der Waals surface area contributed by atoms with E-state index in [1.807, 2.05) is 0 Å². The molecule has 0 aromatic heterocycles. The van der Waals surface area contributed by atoms with Crippen molar-refractivity contribution in [2.45, 2.75) is 6.42 Å². The molecule has 1 rings (SSSR count). The molecule has 0 aromatic carbocycles. The van der Waals surface area contributed by atoms with Gasteiger partial charge in [-0.05, 0) is 4.92 Å². The molecular weight excluding hydrogens is 330 g/mol. The number of nitrogens with zero attached hydrogens (tertiary/aromatic N) is 3. The van der Waals surface area contributed by atoms with Gasteiger partial charge in [0.25, 0.3) is 0 Å². The molecule has 0 fully saturated rings. The highest BCUT2D eigenvalue weighted by atomic mass is 35.5. The van der Waals surface area contributed by atoms with Crippen LogP contribution in [0.1, 0.15) is 6.42 Å². The molecule has 0 aromatic rings. The third kappa shape index (κ3) is 5.12. The second-order valence-electron chi connectivity index (χ2n) is 3.94. The number of nitrogens with two attached hydrogens (primary N) is 1. The molecule has 0 saturated heterocycles. The number of rotatable bonds is 8. The van der Waals surface area contributed by atoms with Gasteiger partial charge in [0.2, 0.25) is 0 Å². The Morgan fingerprint density at radius 3 is 2.55 bits per heavy atom. The van der Waals surface area contributed by atoms with Gasteiger partial charge in [0.05, 0.1) is 13.0 Å². The van der Waals surface area contributed by atoms with Crippen LogP contribution in [-0.2, 0) is 9.09 Å². The van der Waals surface area contributed by atoms with Crippen molar-refractivity contribution in [1.29, 1.82) is 0 Å². The van der Waals surface area contributed by atoms with Crippen LogP contribution >= 0.6 is 30.9 Å². The fraction of sp³-hybridized carbons (Fsp3) is 0.667. The first-order chi connectivity index (χ1) is 9.40. The van der Waals surface area contributed by atoms with Gasteiger partial charge in [0, 0.05) is 30.4 Å². The SMILES string of the molecule is NP(=O)(OCC1=CN=C([N+](=O)[O-])C1)N(CCCl)CCCl. The van der Waals surface area contributed by atoms with Gasteiger partial charge in [-0.15, -0.1) is 23.2 Å². The number of nitro groups is 1. The molecule has 114 valence electrons. The van der Waals surface area contributed by atoms with E-state index in [2.05, 4.69) is 4.99 Å². The summed E-state index contributed by atoms with van der Waals surface area (Å²) in [4.78, 5) is 13.6. The Hall–Kier alpha value is -0.500. The fourth-order valence-electron chi connectivity index (χ4n) is 1.50. The summed E-state index contributed by atoms with van der Waals surface area (Å²) in [5.74, 6) is 0.297. The van der Waals surface area contributed by atoms with Crippen molar-refractivity contribution in [3.63, 3.8) is 0 Å². The largest absolute Gasteiger partial charge is 0.358 e. The zero-order valence-corrected chi connectivity index (χ0v) is 13.0. The van der Waals surface area contributed by atoms with Crippen molar-refractivity contribution in [1.82, 2.24) is 4.67 Å². The lowest BCUT2D eigenvalue weighted by atomic mass is 10.2. The summed E-state index contributed by atoms with van der Waals surface area (Å²) in [6.45, 7) is 0.463. The van der Waals surface area contributed by atoms with Crippen molar-refractivity contribution in [3.05, 3.63) is 21.9 Å². The highest BCUT2D eigenvalue weighted by Crippen LogP contribution is 2.42. The zero-order chi connectivity index (χ0) is 15.2. The highest BCUT2D eigenvalue weighted by Gasteiger charge is 2.29. The Morgan fingerprint density at radius 1 is 1.50 bits per heavy atom. The van der Waals surface area contributed by atoms with Gasteiger partial charge < -0.3 is 14.6 Å². The minimum Gasteiger partial charge on any atom is -0.358 e. The maximum absolute atomic E-state index is 12.2. The first-order valence-electron chi connectivity index (χ1n) is 5.70. The van der Waals surface area contributed by atoms with E-state index in [0.29, 0.717) is 5.57 Å². The normalized spacial score (nSPS) is 17.8. The summed E-state index contributed by atoms with van der Waals surface area (Å²) in [6.07, 6.45) is 1.38. The molecule has 20 heavy (non-hydrogen) atoms. The van der Waals surface area contributed by atoms with Crippen LogP contribution < -0.4 is 5.50 Å². The number of amidine groups is 1. The molecule has 1 aliphatic rings. The number of halogens is 2. The van der Waals surface area contributed by atoms with Gasteiger partial charge in [0.15, 0.2) is 0 Å². The number of alkyl halides is 2. The van der Waals surface area contributed by atoms with Crippen LogP contribution in [0.25, 0.3) is 0 Å². The highest BCUT2D eigenvalue weighted by molar-refractivity contribution is 7.53. The van der Waals surface area contributed by atoms with Crippen molar-refractivity contribution >= 4 is 36.7 Å². The van der Waals surface area contributed by atoms with E-state index < -0.39 is 12.6 Å². The maximum Gasteiger partial charge on any atom is 0.342 e. The molecule has 0 aliphatic carbocycles. The predicted molar refractivity (Wildman–Crippen MR) is 77.9 cm³/mol. The van der Waals surface area contributed by atoms with Crippen LogP contribution in [0, 0.1) is 10.1 Å². The lowest BCUT2D eigenvalue weighted by molar-refractivity contribution is -0.352. The van der Waals surface area contributed by atoms with E-state index in [1.54, 1.807) is 0 Å². The number of aliphatic imine (C=N–C) groups is 1. The summed E-state index contributed by atoms with van der Waals surface area (Å²) in [7, 11) is -3.53. The second kappa shape index (κ2) is 8.07. The Balaban J connectivity index is 2.51. The molecule has 1 aliphatic heterocycles. The summed E-state index contributed by atoms with van der Waals surface area (Å²) in [5.41, 5.74) is 6.19. The topological polar surface area (TPSA) is 111 Å². The molecule has 1 atom stereocenters. The number of hydrogen-bond donors (Lipinski definition) is 1. The summed E-state index contributed by atoms with van der Waals surface area (Å²) in [6, 6.07) is 0. The van der Waals surface area contributed by atoms with Crippen LogP contribution in [0.2, 0.25) is 0 Å². The van der Waals surface area contributed by atoms with Crippen LogP contribution in [0.5, 0.6) is 0 Å². The van der Waals surface area contributed by atoms with E-state index in [9.17, 15) is 14.7 Å². The first-order valence-corrected chi connectivity index (χ1v) is 8.41. The predicted octanol–water partition coefficient (Wildman–Crippen LogP) is 1.81. The average Bonchev–Trinajstić information content (AvgIpc) is 2.85. The van der Waals surface area contributed by atoms with E-state index in [1.165, 1.54) is 10.9 Å². The average molecular weight is 345 g/mol. The third-order valence-electron chi connectivity index (χ3n) is 2.51. The van der Waals surface area contributed by atoms with E-state index >= 15 is 0 Å². The molecule has 2 N–H and O–H groups in total. The van der Waals surface area contributed by atoms with Gasteiger partial charge in [-0.25, -0.2) is 10.2 Å². The Morgan fingerprint density at radius 2 is 2.10 bits per heavy atom. The molecule has 0 saturated carbocycles. The monoisotopic (exact) mass is 344 g/mol. The second-order valence-corrected chi connectivity index (χ2v) is 6.64. The Labute approximate surface area is 126 Å². The minimum atomic E-state index is -3.53. The van der Waals surface area contributed by atoms with Crippen LogP contribution in [0.4, 0.5) is 0 Å². The molecule has 0 bridgehead atoms. The fourth-order valence-corrected chi connectivity index (χ4v) is 3.42. The van der Waals surface area contributed by atoms with Gasteiger partial charge in [0.1, 0.15) is 6.20 Å². The van der Waals surface area contributed by atoms with E-state index in [4.69, 9.17) is 33.2 Å². The summed E-state index contributed by atoms with van der Waals surface area (Å²) in [5, 5.41) is 10.5. The minimum absolute atomic E-state index is 0.0536. The zero-order valence-electron chi connectivity index (χ0n) is 10.6. The molecule has 0 amide bonds. The van der Waals surface area contributed by atoms with Crippen LogP contribution in [-0.4, -0.2) is 46.9 Å². The lowest BCUT2D eigenvalue weighted by Gasteiger charge is -2.26. The molecule has 8 nitrogen and oxygen atoms in total. The molecule has 0 spiro atoms. The van der Waals surface area contributed by atoms with Crippen LogP contribution in [0.15, 0.2) is 16.8 Å². The summed E-state index contributed by atoms with van der Waals surface area (Å²) >= 11 is 11.2. The quantitative estimate of drug-likeness (QED) is 0.311. The number of hydrogen-bond acceptors (Lipinski definition) is 5. The van der Waals surface area contributed by atoms with Gasteiger partial charge >= 0.3 is 13.5 Å². The molecule has 1 heterocycles. The van der Waals surface area contributed by atoms with Crippen molar-refractivity contribution in [2.24, 2.45) is 10.5 Å². The Kier molecular flexibility index (Phi) is 7.08. The van der Waals surface area contributed by atoms with E-state index in [-0.39, 0.29) is 43.7 Å². The van der Waals surface area contributed by atoms with Gasteiger partial charge in [-0.1, -0.05) is 4.99 Å². The standard InChI is InChI=1S/C9H15Cl2N4O4P/c10-1-3-14(4-2-11)20(12,18)19-7-8-5-9(13-6-8)15(16)17/h6H,1-5,7H2,(H2,12,18). The maximum atomic E-state index is 12.2. The molecule has 11 heteroatoms. The smallest absolute Gasteiger partial charge is 0.342 e. The van der Waals surface area contributed by atoms with E-state index in [0.717, 1.165) is 0 Å². The lowest BCUT2D eigenvalue weighted by Crippen LogP contribution is -2.30. The first kappa shape index (κ1) is 17.6. The molecule has 0 radical (unpaired) electrons.